The van der Waals surface area contributed by atoms with Crippen molar-refractivity contribution < 1.29 is 9.47 Å². The Morgan fingerprint density at radius 1 is 0.511 bits per heavy atom. The number of methoxy groups -OCH3 is 2. The van der Waals surface area contributed by atoms with Gasteiger partial charge >= 0.3 is 0 Å². The Labute approximate surface area is 253 Å². The van der Waals surface area contributed by atoms with Crippen LogP contribution >= 0.6 is 0 Å². The molecule has 0 aliphatic carbocycles. The number of nitrogens with zero attached hydrogens (tertiary/aromatic N) is 6. The zero-order valence-corrected chi connectivity index (χ0v) is 24.3. The van der Waals surface area contributed by atoms with Crippen LogP contribution in [0.1, 0.15) is 0 Å². The van der Waals surface area contributed by atoms with Crippen LogP contribution in [0.5, 0.6) is 11.5 Å². The van der Waals surface area contributed by atoms with Gasteiger partial charge in [-0.25, -0.2) is 20.0 Å². The summed E-state index contributed by atoms with van der Waals surface area (Å²) in [6, 6.07) is 28.5. The van der Waals surface area contributed by atoms with Gasteiger partial charge in [-0.05, 0) is 36.4 Å². The minimum atomic E-state index is 0.479. The van der Waals surface area contributed by atoms with E-state index in [2.05, 4.69) is 49.4 Å². The fraction of sp³-hybridized carbons (Fsp3) is 0.0857. The lowest BCUT2D eigenvalue weighted by Crippen LogP contribution is -2.32. The van der Waals surface area contributed by atoms with E-state index in [1.54, 1.807) is 14.2 Å². The third-order valence-electron chi connectivity index (χ3n) is 8.94. The fourth-order valence-corrected chi connectivity index (χ4v) is 6.80. The summed E-state index contributed by atoms with van der Waals surface area (Å²) in [6.45, 7) is 0.479. The van der Waals surface area contributed by atoms with E-state index in [-0.39, 0.29) is 0 Å². The maximum Gasteiger partial charge on any atom is 0.146 e. The van der Waals surface area contributed by atoms with Crippen LogP contribution in [0.25, 0.3) is 43.1 Å². The quantitative estimate of drug-likeness (QED) is 0.278. The molecule has 0 unspecified atom stereocenters. The second-order valence-corrected chi connectivity index (χ2v) is 11.3. The predicted octanol–water partition coefficient (Wildman–Crippen LogP) is 5.51. The lowest BCUT2D eigenvalue weighted by molar-refractivity contribution is 0.415. The van der Waals surface area contributed by atoms with Crippen molar-refractivity contribution in [3.05, 3.63) is 107 Å². The van der Waals surface area contributed by atoms with E-state index in [0.717, 1.165) is 83.0 Å². The molecule has 0 radical (unpaired) electrons. The third kappa shape index (κ3) is 3.27. The lowest BCUT2D eigenvalue weighted by Gasteiger charge is -2.15. The molecule has 4 aromatic heterocycles. The van der Waals surface area contributed by atoms with Crippen molar-refractivity contribution in [1.82, 2.24) is 19.1 Å². The molecule has 6 bridgehead atoms. The van der Waals surface area contributed by atoms with E-state index in [4.69, 9.17) is 29.4 Å². The summed E-state index contributed by atoms with van der Waals surface area (Å²) in [5.74, 6) is 4.60. The Morgan fingerprint density at radius 2 is 1.09 bits per heavy atom. The van der Waals surface area contributed by atoms with Gasteiger partial charge in [0, 0.05) is 43.1 Å². The van der Waals surface area contributed by atoms with Crippen molar-refractivity contribution >= 4 is 66.4 Å². The molecule has 0 fully saturated rings. The molecule has 10 nitrogen and oxygen atoms in total. The van der Waals surface area contributed by atoms with E-state index in [1.807, 2.05) is 54.6 Å². The molecule has 2 aliphatic heterocycles. The highest BCUT2D eigenvalue weighted by molar-refractivity contribution is 6.01. The first kappa shape index (κ1) is 24.3. The largest absolute Gasteiger partial charge is 0.497 e. The molecular weight excluding hydrogens is 564 g/mol. The van der Waals surface area contributed by atoms with E-state index in [0.29, 0.717) is 23.5 Å². The molecule has 0 atom stereocenters. The molecular formula is C35H24N8O2. The van der Waals surface area contributed by atoms with Crippen molar-refractivity contribution in [1.29, 1.82) is 0 Å². The lowest BCUT2D eigenvalue weighted by atomic mass is 10.2. The SMILES string of the molecule is COc1ccc2/c3n4c(c2c1)=Nc1c2ccccc2c(n1C4)/N=c1\[nH]/c(c2cc(OC)ccc12)=N\c1[nH]c(c2ccccc12)\N=3. The predicted molar refractivity (Wildman–Crippen MR) is 172 cm³/mol. The molecule has 2 aliphatic rings. The summed E-state index contributed by atoms with van der Waals surface area (Å²) in [5.41, 5.74) is 3.02. The van der Waals surface area contributed by atoms with E-state index >= 15 is 0 Å². The molecule has 0 saturated carbocycles. The van der Waals surface area contributed by atoms with Crippen molar-refractivity contribution in [3.8, 4) is 11.5 Å². The molecule has 6 heterocycles. The molecule has 2 N–H and O–H groups in total. The minimum Gasteiger partial charge on any atom is -0.497 e. The van der Waals surface area contributed by atoms with Crippen LogP contribution in [-0.4, -0.2) is 33.3 Å². The first-order valence-electron chi connectivity index (χ1n) is 14.7. The summed E-state index contributed by atoms with van der Waals surface area (Å²) >= 11 is 0. The van der Waals surface area contributed by atoms with Crippen molar-refractivity contribution in [2.24, 2.45) is 20.0 Å². The Kier molecular flexibility index (Phi) is 4.70. The van der Waals surface area contributed by atoms with Crippen LogP contribution in [-0.2, 0) is 6.67 Å². The fourth-order valence-electron chi connectivity index (χ4n) is 6.80. The van der Waals surface area contributed by atoms with Gasteiger partial charge in [0.1, 0.15) is 63.4 Å². The van der Waals surface area contributed by atoms with Gasteiger partial charge in [-0.2, -0.15) is 0 Å². The molecule has 0 saturated heterocycles. The molecule has 0 spiro atoms. The van der Waals surface area contributed by atoms with Gasteiger partial charge < -0.3 is 19.4 Å². The van der Waals surface area contributed by atoms with Crippen LogP contribution < -0.4 is 31.4 Å². The van der Waals surface area contributed by atoms with E-state index in [9.17, 15) is 0 Å². The summed E-state index contributed by atoms with van der Waals surface area (Å²) in [5, 5.41) is 7.80. The minimum absolute atomic E-state index is 0.479. The summed E-state index contributed by atoms with van der Waals surface area (Å²) in [7, 11) is 3.35. The average Bonchev–Trinajstić information content (AvgIpc) is 3.79. The summed E-state index contributed by atoms with van der Waals surface area (Å²) in [6.07, 6.45) is 0. The van der Waals surface area contributed by atoms with Crippen LogP contribution in [0.2, 0.25) is 0 Å². The van der Waals surface area contributed by atoms with Gasteiger partial charge in [0.05, 0.1) is 14.2 Å². The van der Waals surface area contributed by atoms with Gasteiger partial charge in [0.2, 0.25) is 0 Å². The zero-order valence-electron chi connectivity index (χ0n) is 24.3. The standard InChI is InChI=1S/C35H24N8O2/c1-44-18-11-13-22-26(15-18)31-37-28-20-7-3-4-8-21(20)29(36-28)39-33-25-14-12-19(45-2)16-27(25)35-41-34-24-10-6-5-9-23(24)32(40-30(22)38-31)42(34)17-43(33)35/h3-16H,17H2,1-2H3,(H2,36,37,38,39,40). The van der Waals surface area contributed by atoms with Gasteiger partial charge in [-0.1, -0.05) is 48.5 Å². The first-order chi connectivity index (χ1) is 22.2. The van der Waals surface area contributed by atoms with Crippen LogP contribution in [0, 0.1) is 0 Å². The Hall–Kier alpha value is -6.16. The second kappa shape index (κ2) is 8.70. The normalized spacial score (nSPS) is 15.6. The van der Waals surface area contributed by atoms with Crippen molar-refractivity contribution in [2.75, 3.05) is 14.2 Å². The Bertz CT molecular complexity index is 2830. The Morgan fingerprint density at radius 3 is 1.80 bits per heavy atom. The monoisotopic (exact) mass is 588 g/mol. The number of hydrogen-bond donors (Lipinski definition) is 2. The van der Waals surface area contributed by atoms with Gasteiger partial charge in [-0.3, -0.25) is 9.13 Å². The number of ether oxygens (including phenoxy) is 2. The number of rotatable bonds is 2. The van der Waals surface area contributed by atoms with Crippen LogP contribution in [0.15, 0.2) is 105 Å². The van der Waals surface area contributed by atoms with Crippen molar-refractivity contribution in [2.45, 2.75) is 6.67 Å². The number of benzene rings is 4. The summed E-state index contributed by atoms with van der Waals surface area (Å²) in [4.78, 5) is 28.2. The highest BCUT2D eigenvalue weighted by Crippen LogP contribution is 2.39. The molecule has 216 valence electrons. The average molecular weight is 589 g/mol. The highest BCUT2D eigenvalue weighted by atomic mass is 16.5. The third-order valence-corrected chi connectivity index (χ3v) is 8.94. The second-order valence-electron chi connectivity index (χ2n) is 11.3. The maximum atomic E-state index is 5.63. The molecule has 10 rings (SSSR count). The number of H-pyrrole nitrogens is 2. The number of aromatic amines is 2. The molecule has 8 aromatic rings. The zero-order chi connectivity index (χ0) is 29.8. The van der Waals surface area contributed by atoms with Gasteiger partial charge in [0.15, 0.2) is 0 Å². The smallest absolute Gasteiger partial charge is 0.146 e. The van der Waals surface area contributed by atoms with E-state index in [1.165, 1.54) is 0 Å². The number of hydrogen-bond acceptors (Lipinski definition) is 6. The number of aromatic nitrogens is 4. The first-order valence-corrected chi connectivity index (χ1v) is 14.7. The van der Waals surface area contributed by atoms with Crippen LogP contribution in [0.4, 0.5) is 23.3 Å². The van der Waals surface area contributed by atoms with Gasteiger partial charge in [0.25, 0.3) is 0 Å². The molecule has 4 aromatic carbocycles. The summed E-state index contributed by atoms with van der Waals surface area (Å²) < 4.78 is 15.6. The number of fused-ring (bicyclic) bond motifs is 16. The van der Waals surface area contributed by atoms with Gasteiger partial charge in [-0.15, -0.1) is 0 Å². The van der Waals surface area contributed by atoms with Crippen LogP contribution in [0.3, 0.4) is 0 Å². The maximum absolute atomic E-state index is 5.63. The molecule has 10 heteroatoms. The number of nitrogens with one attached hydrogen (secondary N) is 2. The van der Waals surface area contributed by atoms with E-state index < -0.39 is 0 Å². The topological polar surface area (TPSA) is 109 Å². The van der Waals surface area contributed by atoms with Crippen molar-refractivity contribution in [3.63, 3.8) is 0 Å². The highest BCUT2D eigenvalue weighted by Gasteiger charge is 2.24. The molecule has 45 heavy (non-hydrogen) atoms. The molecule has 0 amide bonds. The Balaban J connectivity index is 1.45.